The van der Waals surface area contributed by atoms with Crippen LogP contribution in [0, 0.1) is 11.8 Å². The summed E-state index contributed by atoms with van der Waals surface area (Å²) >= 11 is 0. The minimum absolute atomic E-state index is 0.829. The van der Waals surface area contributed by atoms with Gasteiger partial charge in [0.25, 0.3) is 0 Å². The number of nitrogens with zero attached hydrogens (tertiary/aromatic N) is 1. The molecule has 2 aliphatic rings. The first-order valence-electron chi connectivity index (χ1n) is 5.92. The molecule has 0 amide bonds. The van der Waals surface area contributed by atoms with E-state index in [-0.39, 0.29) is 0 Å². The van der Waals surface area contributed by atoms with Gasteiger partial charge in [-0.2, -0.15) is 0 Å². The summed E-state index contributed by atoms with van der Waals surface area (Å²) < 4.78 is 0. The van der Waals surface area contributed by atoms with Crippen LogP contribution in [0.5, 0.6) is 0 Å². The highest BCUT2D eigenvalue weighted by molar-refractivity contribution is 4.94. The Morgan fingerprint density at radius 2 is 2.00 bits per heavy atom. The zero-order chi connectivity index (χ0) is 9.42. The molecule has 0 spiro atoms. The lowest BCUT2D eigenvalue weighted by atomic mass is 10.0. The third-order valence-corrected chi connectivity index (χ3v) is 3.83. The monoisotopic (exact) mass is 181 g/mol. The van der Waals surface area contributed by atoms with E-state index >= 15 is 0 Å². The second-order valence-corrected chi connectivity index (χ2v) is 5.51. The van der Waals surface area contributed by atoms with Gasteiger partial charge in [-0.25, -0.2) is 0 Å². The Morgan fingerprint density at radius 1 is 1.23 bits per heavy atom. The van der Waals surface area contributed by atoms with Crippen LogP contribution in [0.2, 0.25) is 0 Å². The molecule has 1 nitrogen and oxygen atoms in total. The van der Waals surface area contributed by atoms with E-state index in [2.05, 4.69) is 25.7 Å². The molecule has 13 heavy (non-hydrogen) atoms. The van der Waals surface area contributed by atoms with E-state index in [9.17, 15) is 0 Å². The van der Waals surface area contributed by atoms with Crippen LogP contribution < -0.4 is 0 Å². The Morgan fingerprint density at radius 3 is 2.46 bits per heavy atom. The number of fused-ring (bicyclic) bond motifs is 2. The first-order chi connectivity index (χ1) is 6.16. The van der Waals surface area contributed by atoms with Gasteiger partial charge in [-0.05, 0) is 44.4 Å². The third-order valence-electron chi connectivity index (χ3n) is 3.83. The molecule has 0 N–H and O–H groups in total. The van der Waals surface area contributed by atoms with Crippen molar-refractivity contribution < 1.29 is 0 Å². The van der Waals surface area contributed by atoms with Gasteiger partial charge >= 0.3 is 0 Å². The third kappa shape index (κ3) is 1.90. The van der Waals surface area contributed by atoms with Gasteiger partial charge in [-0.1, -0.05) is 13.8 Å². The van der Waals surface area contributed by atoms with Crippen molar-refractivity contribution in [1.82, 2.24) is 4.90 Å². The average molecular weight is 181 g/mol. The predicted octanol–water partition coefficient (Wildman–Crippen LogP) is 2.91. The zero-order valence-corrected chi connectivity index (χ0v) is 9.29. The fraction of sp³-hybridized carbons (Fsp3) is 1.00. The smallest absolute Gasteiger partial charge is 0.0101 e. The van der Waals surface area contributed by atoms with Gasteiger partial charge in [0.1, 0.15) is 0 Å². The van der Waals surface area contributed by atoms with Crippen LogP contribution in [0.15, 0.2) is 0 Å². The molecule has 1 heterocycles. The number of piperidine rings is 1. The maximum Gasteiger partial charge on any atom is 0.0101 e. The molecule has 2 fully saturated rings. The maximum absolute atomic E-state index is 2.77. The second kappa shape index (κ2) is 3.61. The molecular weight excluding hydrogens is 158 g/mol. The summed E-state index contributed by atoms with van der Waals surface area (Å²) in [6.45, 7) is 8.49. The topological polar surface area (TPSA) is 3.24 Å². The van der Waals surface area contributed by atoms with Crippen molar-refractivity contribution in [1.29, 1.82) is 0 Å². The Hall–Kier alpha value is -0.0400. The van der Waals surface area contributed by atoms with Crippen LogP contribution in [0.1, 0.15) is 46.5 Å². The molecule has 76 valence electrons. The number of rotatable bonds is 3. The molecule has 3 atom stereocenters. The summed E-state index contributed by atoms with van der Waals surface area (Å²) in [7, 11) is 0. The lowest BCUT2D eigenvalue weighted by Gasteiger charge is -2.33. The van der Waals surface area contributed by atoms with Crippen LogP contribution in [-0.2, 0) is 0 Å². The fourth-order valence-electron chi connectivity index (χ4n) is 3.32. The van der Waals surface area contributed by atoms with Crippen molar-refractivity contribution in [3.8, 4) is 0 Å². The molecule has 1 saturated carbocycles. The van der Waals surface area contributed by atoms with E-state index in [1.807, 2.05) is 0 Å². The molecule has 3 unspecified atom stereocenters. The van der Waals surface area contributed by atoms with Gasteiger partial charge in [0.2, 0.25) is 0 Å². The first kappa shape index (κ1) is 9.51. The normalized spacial score (nSPS) is 36.0. The van der Waals surface area contributed by atoms with Crippen molar-refractivity contribution in [3.05, 3.63) is 0 Å². The van der Waals surface area contributed by atoms with Crippen LogP contribution in [0.4, 0.5) is 0 Å². The van der Waals surface area contributed by atoms with Gasteiger partial charge < -0.3 is 0 Å². The Kier molecular flexibility index (Phi) is 2.64. The van der Waals surface area contributed by atoms with E-state index in [4.69, 9.17) is 0 Å². The summed E-state index contributed by atoms with van der Waals surface area (Å²) in [6.07, 6.45) is 5.87. The number of likely N-dealkylation sites (tertiary alicyclic amines) is 1. The highest BCUT2D eigenvalue weighted by atomic mass is 15.2. The van der Waals surface area contributed by atoms with Gasteiger partial charge in [-0.3, -0.25) is 4.90 Å². The van der Waals surface area contributed by atoms with Crippen molar-refractivity contribution in [2.75, 3.05) is 6.54 Å². The van der Waals surface area contributed by atoms with E-state index in [1.54, 1.807) is 0 Å². The summed E-state index contributed by atoms with van der Waals surface area (Å²) in [5.74, 6) is 1.91. The summed E-state index contributed by atoms with van der Waals surface area (Å²) in [5.41, 5.74) is 0. The molecule has 1 aliphatic heterocycles. The molecule has 1 aliphatic carbocycles. The minimum Gasteiger partial charge on any atom is -0.297 e. The van der Waals surface area contributed by atoms with Crippen LogP contribution >= 0.6 is 0 Å². The van der Waals surface area contributed by atoms with E-state index < -0.39 is 0 Å². The molecule has 1 saturated heterocycles. The molecule has 0 aromatic heterocycles. The molecule has 0 radical (unpaired) electrons. The summed E-state index contributed by atoms with van der Waals surface area (Å²) in [4.78, 5) is 2.77. The molecule has 2 bridgehead atoms. The van der Waals surface area contributed by atoms with Crippen molar-refractivity contribution in [2.24, 2.45) is 11.8 Å². The molecule has 1 heteroatoms. The average Bonchev–Trinajstić information content (AvgIpc) is 2.62. The van der Waals surface area contributed by atoms with Crippen LogP contribution in [0.25, 0.3) is 0 Å². The van der Waals surface area contributed by atoms with Crippen molar-refractivity contribution in [3.63, 3.8) is 0 Å². The standard InChI is InChI=1S/C12H23N/c1-9(2)6-10(3)13-8-11-4-5-12(13)7-11/h9-12H,4-8H2,1-3H3. The second-order valence-electron chi connectivity index (χ2n) is 5.51. The predicted molar refractivity (Wildman–Crippen MR) is 56.8 cm³/mol. The SMILES string of the molecule is CC(C)CC(C)N1CC2CCC1C2. The molecular formula is C12H23N. The van der Waals surface area contributed by atoms with Crippen molar-refractivity contribution in [2.45, 2.75) is 58.5 Å². The number of hydrogen-bond acceptors (Lipinski definition) is 1. The van der Waals surface area contributed by atoms with E-state index in [0.29, 0.717) is 0 Å². The number of hydrogen-bond donors (Lipinski definition) is 0. The first-order valence-corrected chi connectivity index (χ1v) is 5.92. The quantitative estimate of drug-likeness (QED) is 0.647. The molecule has 0 aromatic carbocycles. The van der Waals surface area contributed by atoms with E-state index in [0.717, 1.165) is 23.9 Å². The van der Waals surface area contributed by atoms with Crippen LogP contribution in [0.3, 0.4) is 0 Å². The highest BCUT2D eigenvalue weighted by Gasteiger charge is 2.39. The Labute approximate surface area is 82.5 Å². The van der Waals surface area contributed by atoms with Gasteiger partial charge in [0.05, 0.1) is 0 Å². The molecule has 0 aromatic rings. The van der Waals surface area contributed by atoms with Crippen LogP contribution in [-0.4, -0.2) is 23.5 Å². The Bertz CT molecular complexity index is 176. The zero-order valence-electron chi connectivity index (χ0n) is 9.29. The van der Waals surface area contributed by atoms with Gasteiger partial charge in [0.15, 0.2) is 0 Å². The minimum atomic E-state index is 0.829. The van der Waals surface area contributed by atoms with Crippen molar-refractivity contribution >= 4 is 0 Å². The summed E-state index contributed by atoms with van der Waals surface area (Å²) in [6, 6.07) is 1.79. The molecule has 2 rings (SSSR count). The highest BCUT2D eigenvalue weighted by Crippen LogP contribution is 2.39. The lowest BCUT2D eigenvalue weighted by Crippen LogP contribution is -2.39. The van der Waals surface area contributed by atoms with Gasteiger partial charge in [-0.15, -0.1) is 0 Å². The fourth-order valence-corrected chi connectivity index (χ4v) is 3.32. The van der Waals surface area contributed by atoms with E-state index in [1.165, 1.54) is 32.2 Å². The lowest BCUT2D eigenvalue weighted by molar-refractivity contribution is 0.143. The Balaban J connectivity index is 1.87. The largest absolute Gasteiger partial charge is 0.297 e. The maximum atomic E-state index is 2.77. The summed E-state index contributed by atoms with van der Waals surface area (Å²) in [5, 5.41) is 0. The van der Waals surface area contributed by atoms with Gasteiger partial charge in [0, 0.05) is 18.6 Å².